The van der Waals surface area contributed by atoms with E-state index in [-0.39, 0.29) is 16.4 Å². The second-order valence-corrected chi connectivity index (χ2v) is 9.96. The molecule has 0 bridgehead atoms. The molecule has 0 aliphatic carbocycles. The highest BCUT2D eigenvalue weighted by Gasteiger charge is 2.20. The van der Waals surface area contributed by atoms with Crippen molar-refractivity contribution >= 4 is 38.7 Å². The Morgan fingerprint density at radius 3 is 2.36 bits per heavy atom. The third-order valence-corrected chi connectivity index (χ3v) is 7.04. The average molecular weight is 419 g/mol. The molecule has 28 heavy (non-hydrogen) atoms. The number of Topliss-reactive ketones (excluding diaryl/α,β-unsaturated/α-hetero) is 1. The fraction of sp³-hybridized carbons (Fsp3) is 0.300. The van der Waals surface area contributed by atoms with Crippen molar-refractivity contribution < 1.29 is 17.6 Å². The van der Waals surface area contributed by atoms with E-state index in [2.05, 4.69) is 4.98 Å². The lowest BCUT2D eigenvalue weighted by Crippen LogP contribution is -2.22. The second-order valence-electron chi connectivity index (χ2n) is 6.88. The quantitative estimate of drug-likeness (QED) is 0.445. The molecular formula is C20H22N2O4S2. The molecule has 0 aliphatic rings. The molecule has 0 atom stereocenters. The van der Waals surface area contributed by atoms with E-state index >= 15 is 0 Å². The van der Waals surface area contributed by atoms with Crippen LogP contribution in [0.3, 0.4) is 0 Å². The van der Waals surface area contributed by atoms with Crippen molar-refractivity contribution in [2.75, 3.05) is 19.8 Å². The van der Waals surface area contributed by atoms with E-state index in [1.54, 1.807) is 6.07 Å². The third-order valence-electron chi connectivity index (χ3n) is 4.40. The minimum atomic E-state index is -3.54. The van der Waals surface area contributed by atoms with Crippen LogP contribution in [0.25, 0.3) is 11.1 Å². The molecule has 0 saturated heterocycles. The van der Waals surface area contributed by atoms with E-state index in [9.17, 15) is 13.2 Å². The van der Waals surface area contributed by atoms with Crippen LogP contribution in [0.4, 0.5) is 0 Å². The van der Waals surface area contributed by atoms with Crippen LogP contribution >= 0.6 is 11.8 Å². The number of fused-ring (bicyclic) bond motifs is 1. The lowest BCUT2D eigenvalue weighted by molar-refractivity contribution is 0.102. The highest BCUT2D eigenvalue weighted by Crippen LogP contribution is 2.27. The Bertz CT molecular complexity index is 1140. The number of hydrogen-bond acceptors (Lipinski definition) is 6. The molecule has 2 aromatic carbocycles. The molecule has 0 radical (unpaired) electrons. The zero-order valence-corrected chi connectivity index (χ0v) is 18.1. The van der Waals surface area contributed by atoms with Gasteiger partial charge in [0.15, 0.2) is 11.4 Å². The van der Waals surface area contributed by atoms with Crippen LogP contribution < -0.4 is 0 Å². The van der Waals surface area contributed by atoms with Gasteiger partial charge in [-0.3, -0.25) is 4.79 Å². The number of aryl methyl sites for hydroxylation is 3. The van der Waals surface area contributed by atoms with Gasteiger partial charge in [-0.05, 0) is 50.1 Å². The highest BCUT2D eigenvalue weighted by atomic mass is 32.2. The summed E-state index contributed by atoms with van der Waals surface area (Å²) >= 11 is 1.20. The standard InChI is InChI=1S/C20H22N2O4S2/c1-12-8-13(2)19(14(3)9-12)17(23)11-27-20-21-16-10-15(6-7-18(16)26-20)28(24,25)22(4)5/h6-10H,11H2,1-5H3. The van der Waals surface area contributed by atoms with Crippen LogP contribution in [0.15, 0.2) is 44.9 Å². The van der Waals surface area contributed by atoms with Crippen molar-refractivity contribution in [1.29, 1.82) is 0 Å². The predicted octanol–water partition coefficient (Wildman–Crippen LogP) is 3.98. The summed E-state index contributed by atoms with van der Waals surface area (Å²) in [6.07, 6.45) is 0. The Kier molecular flexibility index (Phi) is 5.65. The van der Waals surface area contributed by atoms with E-state index in [1.807, 2.05) is 32.9 Å². The number of benzene rings is 2. The van der Waals surface area contributed by atoms with E-state index in [1.165, 1.54) is 38.0 Å². The van der Waals surface area contributed by atoms with Gasteiger partial charge >= 0.3 is 0 Å². The summed E-state index contributed by atoms with van der Waals surface area (Å²) in [5.74, 6) is 0.207. The summed E-state index contributed by atoms with van der Waals surface area (Å²) in [4.78, 5) is 17.2. The maximum absolute atomic E-state index is 12.7. The smallest absolute Gasteiger partial charge is 0.257 e. The summed E-state index contributed by atoms with van der Waals surface area (Å²) in [6.45, 7) is 5.88. The van der Waals surface area contributed by atoms with Crippen molar-refractivity contribution in [3.8, 4) is 0 Å². The molecule has 3 rings (SSSR count). The monoisotopic (exact) mass is 418 g/mol. The van der Waals surface area contributed by atoms with E-state index in [4.69, 9.17) is 4.42 Å². The van der Waals surface area contributed by atoms with Gasteiger partial charge in [0.25, 0.3) is 5.22 Å². The molecular weight excluding hydrogens is 396 g/mol. The van der Waals surface area contributed by atoms with Gasteiger partial charge < -0.3 is 4.42 Å². The molecule has 0 spiro atoms. The number of aromatic nitrogens is 1. The molecule has 1 aromatic heterocycles. The first-order chi connectivity index (χ1) is 13.1. The maximum atomic E-state index is 12.7. The SMILES string of the molecule is Cc1cc(C)c(C(=O)CSc2nc3cc(S(=O)(=O)N(C)C)ccc3o2)c(C)c1. The first-order valence-electron chi connectivity index (χ1n) is 8.66. The molecule has 0 fully saturated rings. The topological polar surface area (TPSA) is 80.5 Å². The van der Waals surface area contributed by atoms with Crippen LogP contribution in [-0.2, 0) is 10.0 Å². The van der Waals surface area contributed by atoms with E-state index in [0.717, 1.165) is 26.6 Å². The molecule has 8 heteroatoms. The fourth-order valence-electron chi connectivity index (χ4n) is 3.14. The van der Waals surface area contributed by atoms with Gasteiger partial charge in [0.2, 0.25) is 10.0 Å². The van der Waals surface area contributed by atoms with Gasteiger partial charge in [-0.2, -0.15) is 0 Å². The van der Waals surface area contributed by atoms with E-state index in [0.29, 0.717) is 16.3 Å². The van der Waals surface area contributed by atoms with Gasteiger partial charge in [0.05, 0.1) is 10.6 Å². The van der Waals surface area contributed by atoms with Gasteiger partial charge in [0, 0.05) is 19.7 Å². The summed E-state index contributed by atoms with van der Waals surface area (Å²) < 4.78 is 31.3. The number of ketones is 1. The Hall–Kier alpha value is -2.16. The van der Waals surface area contributed by atoms with Gasteiger partial charge in [-0.25, -0.2) is 17.7 Å². The second kappa shape index (κ2) is 7.69. The number of rotatable bonds is 6. The van der Waals surface area contributed by atoms with Crippen LogP contribution in [0.1, 0.15) is 27.0 Å². The van der Waals surface area contributed by atoms with Crippen molar-refractivity contribution in [3.05, 3.63) is 52.6 Å². The largest absolute Gasteiger partial charge is 0.431 e. The molecule has 0 N–H and O–H groups in total. The van der Waals surface area contributed by atoms with Crippen LogP contribution in [-0.4, -0.2) is 43.3 Å². The van der Waals surface area contributed by atoms with Crippen molar-refractivity contribution in [3.63, 3.8) is 0 Å². The zero-order chi connectivity index (χ0) is 20.6. The Labute approximate surface area is 169 Å². The average Bonchev–Trinajstić information content (AvgIpc) is 3.00. The summed E-state index contributed by atoms with van der Waals surface area (Å²) in [5.41, 5.74) is 4.70. The Morgan fingerprint density at radius 1 is 1.11 bits per heavy atom. The summed E-state index contributed by atoms with van der Waals surface area (Å²) in [5, 5.41) is 0.338. The van der Waals surface area contributed by atoms with Crippen molar-refractivity contribution in [2.45, 2.75) is 30.9 Å². The van der Waals surface area contributed by atoms with Gasteiger partial charge in [-0.1, -0.05) is 29.5 Å². The first-order valence-corrected chi connectivity index (χ1v) is 11.1. The lowest BCUT2D eigenvalue weighted by atomic mass is 9.97. The molecule has 148 valence electrons. The minimum Gasteiger partial charge on any atom is -0.431 e. The van der Waals surface area contributed by atoms with Crippen LogP contribution in [0.5, 0.6) is 0 Å². The number of nitrogens with zero attached hydrogens (tertiary/aromatic N) is 2. The number of carbonyl (C=O) groups is 1. The summed E-state index contributed by atoms with van der Waals surface area (Å²) in [7, 11) is -0.590. The fourth-order valence-corrected chi connectivity index (χ4v) is 4.77. The minimum absolute atomic E-state index is 0.0122. The highest BCUT2D eigenvalue weighted by molar-refractivity contribution is 7.99. The van der Waals surface area contributed by atoms with Crippen LogP contribution in [0, 0.1) is 20.8 Å². The molecule has 1 heterocycles. The molecule has 3 aromatic rings. The van der Waals surface area contributed by atoms with E-state index < -0.39 is 10.0 Å². The van der Waals surface area contributed by atoms with Crippen molar-refractivity contribution in [1.82, 2.24) is 9.29 Å². The Morgan fingerprint density at radius 2 is 1.75 bits per heavy atom. The third kappa shape index (κ3) is 3.99. The van der Waals surface area contributed by atoms with Crippen LogP contribution in [0.2, 0.25) is 0 Å². The molecule has 0 aliphatic heterocycles. The number of oxazole rings is 1. The normalized spacial score (nSPS) is 12.1. The zero-order valence-electron chi connectivity index (χ0n) is 16.4. The molecule has 0 amide bonds. The number of carbonyl (C=O) groups excluding carboxylic acids is 1. The lowest BCUT2D eigenvalue weighted by Gasteiger charge is -2.10. The molecule has 0 unspecified atom stereocenters. The first kappa shape index (κ1) is 20.6. The van der Waals surface area contributed by atoms with Gasteiger partial charge in [-0.15, -0.1) is 0 Å². The molecule has 6 nitrogen and oxygen atoms in total. The van der Waals surface area contributed by atoms with Crippen molar-refractivity contribution in [2.24, 2.45) is 0 Å². The predicted molar refractivity (Wildman–Crippen MR) is 111 cm³/mol. The summed E-state index contributed by atoms with van der Waals surface area (Å²) in [6, 6.07) is 8.54. The Balaban J connectivity index is 1.81. The number of sulfonamides is 1. The number of hydrogen-bond donors (Lipinski definition) is 0. The molecule has 0 saturated carbocycles. The maximum Gasteiger partial charge on any atom is 0.257 e. The van der Waals surface area contributed by atoms with Gasteiger partial charge in [0.1, 0.15) is 5.52 Å². The number of thioether (sulfide) groups is 1.